The molecule has 4 fully saturated rings. The molecular weight excluding hydrogens is 378 g/mol. The van der Waals surface area contributed by atoms with Gasteiger partial charge < -0.3 is 9.47 Å². The van der Waals surface area contributed by atoms with Gasteiger partial charge in [-0.2, -0.15) is 0 Å². The molecule has 8 atom stereocenters. The highest BCUT2D eigenvalue weighted by Gasteiger charge is 2.67. The van der Waals surface area contributed by atoms with Gasteiger partial charge in [0.1, 0.15) is 0 Å². The van der Waals surface area contributed by atoms with Crippen molar-refractivity contribution in [2.45, 2.75) is 91.1 Å². The number of hydrogen-bond acceptors (Lipinski definition) is 4. The molecule has 3 nitrogen and oxygen atoms in total. The highest BCUT2D eigenvalue weighted by molar-refractivity contribution is 7.11. The van der Waals surface area contributed by atoms with E-state index in [2.05, 4.69) is 41.2 Å². The van der Waals surface area contributed by atoms with E-state index in [1.54, 1.807) is 4.88 Å². The zero-order chi connectivity index (χ0) is 20.3. The normalized spacial score (nSPS) is 49.8. The van der Waals surface area contributed by atoms with Gasteiger partial charge in [-0.3, -0.25) is 0 Å². The first kappa shape index (κ1) is 19.0. The topological polar surface area (TPSA) is 31.4 Å². The summed E-state index contributed by atoms with van der Waals surface area (Å²) in [5.41, 5.74) is 3.42. The molecule has 1 aliphatic heterocycles. The minimum atomic E-state index is -0.479. The second-order valence-electron chi connectivity index (χ2n) is 11.5. The van der Waals surface area contributed by atoms with Crippen molar-refractivity contribution in [3.63, 3.8) is 0 Å². The Labute approximate surface area is 179 Å². The molecule has 0 spiro atoms. The lowest BCUT2D eigenvalue weighted by Gasteiger charge is -2.62. The first-order valence-electron chi connectivity index (χ1n) is 11.6. The molecule has 2 heterocycles. The van der Waals surface area contributed by atoms with Gasteiger partial charge in [0.2, 0.25) is 0 Å². The number of aryl methyl sites for hydroxylation is 1. The second kappa shape index (κ2) is 5.75. The molecule has 4 heteroatoms. The Kier molecular flexibility index (Phi) is 3.77. The molecule has 0 bridgehead atoms. The Balaban J connectivity index is 1.48. The minimum Gasteiger partial charge on any atom is -0.344 e. The lowest BCUT2D eigenvalue weighted by molar-refractivity contribution is -0.164. The van der Waals surface area contributed by atoms with Gasteiger partial charge >= 0.3 is 0 Å². The molecule has 2 unspecified atom stereocenters. The van der Waals surface area contributed by atoms with Gasteiger partial charge in [-0.25, -0.2) is 4.98 Å². The van der Waals surface area contributed by atoms with Gasteiger partial charge in [0, 0.05) is 4.88 Å². The fourth-order valence-corrected chi connectivity index (χ4v) is 9.53. The standard InChI is InChI=1S/C25H35NO2S/c1-13-7-8-15-20-16(9-10-24(13,15)5)25(6)12-19-18(26-14(2)29-19)11-17(25)21-22(20)28-23(3,4)27-21/h15-17,20-22H,1,7-12H2,2-6H3/t15?,16-,17+,20?,21+,22+,24+,25+/m0/s1. The predicted molar refractivity (Wildman–Crippen MR) is 116 cm³/mol. The van der Waals surface area contributed by atoms with Crippen LogP contribution in [0, 0.1) is 41.4 Å². The third kappa shape index (κ3) is 2.40. The summed E-state index contributed by atoms with van der Waals surface area (Å²) >= 11 is 1.93. The minimum absolute atomic E-state index is 0.197. The number of nitrogens with zero attached hydrogens (tertiary/aromatic N) is 1. The number of rotatable bonds is 0. The number of allylic oxidation sites excluding steroid dienone is 1. The largest absolute Gasteiger partial charge is 0.344 e. The molecule has 1 aromatic heterocycles. The van der Waals surface area contributed by atoms with Crippen molar-refractivity contribution >= 4 is 11.3 Å². The van der Waals surface area contributed by atoms with Gasteiger partial charge in [-0.15, -0.1) is 11.3 Å². The maximum absolute atomic E-state index is 6.73. The van der Waals surface area contributed by atoms with E-state index in [0.29, 0.717) is 29.1 Å². The highest BCUT2D eigenvalue weighted by atomic mass is 32.1. The van der Waals surface area contributed by atoms with Crippen molar-refractivity contribution < 1.29 is 9.47 Å². The summed E-state index contributed by atoms with van der Waals surface area (Å²) in [6, 6.07) is 0. The first-order valence-corrected chi connectivity index (χ1v) is 12.4. The van der Waals surface area contributed by atoms with Crippen LogP contribution in [0.1, 0.15) is 69.0 Å². The molecule has 0 aromatic carbocycles. The van der Waals surface area contributed by atoms with Crippen LogP contribution in [0.25, 0.3) is 0 Å². The molecule has 6 rings (SSSR count). The Bertz CT molecular complexity index is 889. The molecule has 0 N–H and O–H groups in total. The van der Waals surface area contributed by atoms with Crippen LogP contribution in [0.4, 0.5) is 0 Å². The zero-order valence-corrected chi connectivity index (χ0v) is 19.4. The molecule has 0 radical (unpaired) electrons. The van der Waals surface area contributed by atoms with Crippen molar-refractivity contribution in [3.8, 4) is 0 Å². The van der Waals surface area contributed by atoms with Gasteiger partial charge in [-0.05, 0) is 93.8 Å². The maximum Gasteiger partial charge on any atom is 0.163 e. The Morgan fingerprint density at radius 1 is 1.03 bits per heavy atom. The van der Waals surface area contributed by atoms with Crippen molar-refractivity contribution in [3.05, 3.63) is 27.7 Å². The van der Waals surface area contributed by atoms with Gasteiger partial charge in [0.25, 0.3) is 0 Å². The summed E-state index contributed by atoms with van der Waals surface area (Å²) < 4.78 is 13.4. The highest BCUT2D eigenvalue weighted by Crippen LogP contribution is 2.68. The molecule has 3 saturated carbocycles. The smallest absolute Gasteiger partial charge is 0.163 e. The third-order valence-electron chi connectivity index (χ3n) is 9.76. The number of aromatic nitrogens is 1. The Hall–Kier alpha value is -0.710. The molecule has 1 aromatic rings. The second-order valence-corrected chi connectivity index (χ2v) is 12.8. The summed E-state index contributed by atoms with van der Waals surface area (Å²) in [6.45, 7) is 16.0. The van der Waals surface area contributed by atoms with Crippen LogP contribution in [-0.2, 0) is 22.3 Å². The van der Waals surface area contributed by atoms with Crippen molar-refractivity contribution in [2.75, 3.05) is 0 Å². The van der Waals surface area contributed by atoms with Crippen LogP contribution in [0.2, 0.25) is 0 Å². The predicted octanol–water partition coefficient (Wildman–Crippen LogP) is 5.71. The van der Waals surface area contributed by atoms with Gasteiger partial charge in [-0.1, -0.05) is 26.0 Å². The van der Waals surface area contributed by atoms with Crippen molar-refractivity contribution in [1.29, 1.82) is 0 Å². The Morgan fingerprint density at radius 2 is 1.79 bits per heavy atom. The summed E-state index contributed by atoms with van der Waals surface area (Å²) in [7, 11) is 0. The monoisotopic (exact) mass is 413 g/mol. The summed E-state index contributed by atoms with van der Waals surface area (Å²) in [5, 5.41) is 1.22. The quantitative estimate of drug-likeness (QED) is 0.511. The van der Waals surface area contributed by atoms with E-state index in [1.165, 1.54) is 48.4 Å². The third-order valence-corrected chi connectivity index (χ3v) is 10.8. The van der Waals surface area contributed by atoms with E-state index in [1.807, 2.05) is 11.3 Å². The number of fused-ring (bicyclic) bond motifs is 9. The van der Waals surface area contributed by atoms with Crippen LogP contribution < -0.4 is 0 Å². The molecule has 1 saturated heterocycles. The molecule has 29 heavy (non-hydrogen) atoms. The van der Waals surface area contributed by atoms with Crippen LogP contribution in [-0.4, -0.2) is 23.0 Å². The van der Waals surface area contributed by atoms with E-state index in [0.717, 1.165) is 6.42 Å². The summed E-state index contributed by atoms with van der Waals surface area (Å²) in [5.74, 6) is 2.04. The van der Waals surface area contributed by atoms with Crippen LogP contribution in [0.5, 0.6) is 0 Å². The van der Waals surface area contributed by atoms with Crippen LogP contribution in [0.3, 0.4) is 0 Å². The number of thiazole rings is 1. The SMILES string of the molecule is C=C1CCC2C3[C@H]4OC(C)(C)O[C@@H]4[C@H]4Cc5nc(C)sc5C[C@]4(C)[C@H]3CC[C@]12C. The van der Waals surface area contributed by atoms with E-state index in [-0.39, 0.29) is 17.6 Å². The number of hydrogen-bond donors (Lipinski definition) is 0. The first-order chi connectivity index (χ1) is 13.6. The average Bonchev–Trinajstić information content (AvgIpc) is 3.25. The lowest BCUT2D eigenvalue weighted by atomic mass is 9.44. The fraction of sp³-hybridized carbons (Fsp3) is 0.800. The average molecular weight is 414 g/mol. The Morgan fingerprint density at radius 3 is 2.59 bits per heavy atom. The summed E-state index contributed by atoms with van der Waals surface area (Å²) in [4.78, 5) is 6.46. The fourth-order valence-electron chi connectivity index (χ4n) is 8.38. The van der Waals surface area contributed by atoms with E-state index in [9.17, 15) is 0 Å². The van der Waals surface area contributed by atoms with Gasteiger partial charge in [0.05, 0.1) is 22.9 Å². The molecule has 4 aliphatic carbocycles. The zero-order valence-electron chi connectivity index (χ0n) is 18.6. The van der Waals surface area contributed by atoms with Crippen molar-refractivity contribution in [2.24, 2.45) is 34.5 Å². The lowest BCUT2D eigenvalue weighted by Crippen LogP contribution is -2.63. The summed E-state index contributed by atoms with van der Waals surface area (Å²) in [6.07, 6.45) is 7.76. The van der Waals surface area contributed by atoms with E-state index >= 15 is 0 Å². The maximum atomic E-state index is 6.73. The molecule has 5 aliphatic rings. The van der Waals surface area contributed by atoms with Crippen LogP contribution >= 0.6 is 11.3 Å². The van der Waals surface area contributed by atoms with Gasteiger partial charge in [0.15, 0.2) is 5.79 Å². The van der Waals surface area contributed by atoms with Crippen molar-refractivity contribution in [1.82, 2.24) is 4.98 Å². The van der Waals surface area contributed by atoms with E-state index < -0.39 is 5.79 Å². The number of ether oxygens (including phenoxy) is 2. The molecule has 158 valence electrons. The molecule has 0 amide bonds. The van der Waals surface area contributed by atoms with Crippen LogP contribution in [0.15, 0.2) is 12.2 Å². The van der Waals surface area contributed by atoms with E-state index in [4.69, 9.17) is 14.5 Å². The molecular formula is C25H35NO2S.